The fourth-order valence-electron chi connectivity index (χ4n) is 1.25. The van der Waals surface area contributed by atoms with Gasteiger partial charge in [0.25, 0.3) is 0 Å². The number of nitrogens with one attached hydrogen (secondary N) is 1. The lowest BCUT2D eigenvalue weighted by atomic mass is 10.4. The Labute approximate surface area is 113 Å². The monoisotopic (exact) mass is 327 g/mol. The molecule has 0 aliphatic rings. The van der Waals surface area contributed by atoms with Crippen LogP contribution in [0.5, 0.6) is 0 Å². The molecule has 0 radical (unpaired) electrons. The number of sulfone groups is 1. The van der Waals surface area contributed by atoms with E-state index in [-0.39, 0.29) is 16.3 Å². The molecule has 108 valence electrons. The Bertz CT molecular complexity index is 708. The molecule has 0 aliphatic carbocycles. The van der Waals surface area contributed by atoms with Crippen molar-refractivity contribution in [2.24, 2.45) is 0 Å². The van der Waals surface area contributed by atoms with Gasteiger partial charge in [0, 0.05) is 6.54 Å². The molecule has 1 N–H and O–H groups in total. The van der Waals surface area contributed by atoms with Crippen LogP contribution < -0.4 is 4.72 Å². The molecule has 0 bridgehead atoms. The second-order valence-corrected chi connectivity index (χ2v) is 8.71. The first-order chi connectivity index (χ1) is 8.62. The zero-order valence-electron chi connectivity index (χ0n) is 9.94. The number of benzene rings is 1. The first kappa shape index (κ1) is 16.1. The van der Waals surface area contributed by atoms with E-state index < -0.39 is 36.3 Å². The second-order valence-electron chi connectivity index (χ2n) is 3.74. The van der Waals surface area contributed by atoms with Gasteiger partial charge in [0.2, 0.25) is 10.0 Å². The fraction of sp³-hybridized carbons (Fsp3) is 0.333. The summed E-state index contributed by atoms with van der Waals surface area (Å²) in [5.74, 6) is -0.400. The molecule has 1 rings (SSSR count). The van der Waals surface area contributed by atoms with E-state index in [0.717, 1.165) is 6.26 Å². The zero-order chi connectivity index (χ0) is 14.7. The number of thiol groups is 1. The van der Waals surface area contributed by atoms with Crippen molar-refractivity contribution in [2.75, 3.05) is 18.6 Å². The Morgan fingerprint density at radius 2 is 1.58 bits per heavy atom. The third-order valence-corrected chi connectivity index (χ3v) is 5.32. The number of hydrogen-bond donors (Lipinski definition) is 2. The van der Waals surface area contributed by atoms with Gasteiger partial charge in [-0.05, 0) is 24.3 Å². The van der Waals surface area contributed by atoms with Crippen LogP contribution in [-0.4, -0.2) is 43.8 Å². The minimum Gasteiger partial charge on any atom is -0.227 e. The van der Waals surface area contributed by atoms with Gasteiger partial charge in [0.1, 0.15) is 0 Å². The predicted molar refractivity (Wildman–Crippen MR) is 69.9 cm³/mol. The molecule has 0 unspecified atom stereocenters. The van der Waals surface area contributed by atoms with E-state index in [9.17, 15) is 25.3 Å². The van der Waals surface area contributed by atoms with E-state index in [4.69, 9.17) is 0 Å². The molecule has 0 aromatic heterocycles. The molecule has 0 amide bonds. The molecule has 0 aliphatic heterocycles. The molecular weight excluding hydrogens is 314 g/mol. The second kappa shape index (κ2) is 5.99. The van der Waals surface area contributed by atoms with Crippen molar-refractivity contribution in [3.05, 3.63) is 24.3 Å². The zero-order valence-corrected chi connectivity index (χ0v) is 12.5. The Morgan fingerprint density at radius 1 is 1.05 bits per heavy atom. The normalized spacial score (nSPS) is 12.7. The Morgan fingerprint density at radius 3 is 2.00 bits per heavy atom. The summed E-state index contributed by atoms with van der Waals surface area (Å²) < 4.78 is 68.6. The van der Waals surface area contributed by atoms with E-state index >= 15 is 0 Å². The van der Waals surface area contributed by atoms with Crippen LogP contribution in [0.15, 0.2) is 34.1 Å². The molecule has 0 atom stereocenters. The highest BCUT2D eigenvalue weighted by Crippen LogP contribution is 2.12. The Balaban J connectivity index is 2.83. The average Bonchev–Trinajstić information content (AvgIpc) is 2.27. The Kier molecular flexibility index (Phi) is 5.07. The van der Waals surface area contributed by atoms with Gasteiger partial charge in [-0.1, -0.05) is 0 Å². The summed E-state index contributed by atoms with van der Waals surface area (Å²) in [6, 6.07) is 4.72. The molecule has 0 heterocycles. The molecular formula is C9H13NO6S3. The summed E-state index contributed by atoms with van der Waals surface area (Å²) in [7, 11) is -9.85. The van der Waals surface area contributed by atoms with Crippen molar-refractivity contribution in [1.82, 2.24) is 4.72 Å². The minimum absolute atomic E-state index is 0.0169. The van der Waals surface area contributed by atoms with Crippen molar-refractivity contribution in [3.63, 3.8) is 0 Å². The summed E-state index contributed by atoms with van der Waals surface area (Å²) in [5, 5.41) is 0. The largest absolute Gasteiger partial charge is 0.227 e. The van der Waals surface area contributed by atoms with Crippen molar-refractivity contribution in [1.29, 1.82) is 0 Å². The van der Waals surface area contributed by atoms with Crippen LogP contribution in [0.3, 0.4) is 0 Å². The van der Waals surface area contributed by atoms with Crippen LogP contribution in [0, 0.1) is 0 Å². The van der Waals surface area contributed by atoms with Gasteiger partial charge < -0.3 is 0 Å². The maximum Gasteiger partial charge on any atom is 0.208 e. The Hall–Kier alpha value is -0.970. The van der Waals surface area contributed by atoms with E-state index in [0.29, 0.717) is 0 Å². The van der Waals surface area contributed by atoms with Crippen LogP contribution in [0.2, 0.25) is 0 Å². The van der Waals surface area contributed by atoms with Gasteiger partial charge in [-0.25, -0.2) is 30.0 Å². The maximum atomic E-state index is 11.8. The lowest BCUT2D eigenvalue weighted by molar-refractivity contribution is 0.585. The predicted octanol–water partition coefficient (Wildman–Crippen LogP) is -1.02. The first-order valence-corrected chi connectivity index (χ1v) is 9.76. The molecule has 1 aromatic carbocycles. The molecule has 0 saturated carbocycles. The summed E-state index contributed by atoms with van der Waals surface area (Å²) in [5.41, 5.74) is 0. The van der Waals surface area contributed by atoms with Crippen molar-refractivity contribution in [3.8, 4) is 0 Å². The smallest absolute Gasteiger partial charge is 0.208 e. The summed E-state index contributed by atoms with van der Waals surface area (Å²) in [4.78, 5) is -0.0355. The van der Waals surface area contributed by atoms with E-state index in [1.165, 1.54) is 24.3 Å². The molecule has 0 saturated heterocycles. The van der Waals surface area contributed by atoms with Crippen molar-refractivity contribution < 1.29 is 25.3 Å². The van der Waals surface area contributed by atoms with Crippen LogP contribution in [0.1, 0.15) is 0 Å². The topological polar surface area (TPSA) is 114 Å². The number of hydrogen-bond acceptors (Lipinski definition) is 6. The van der Waals surface area contributed by atoms with Gasteiger partial charge in [0.15, 0.2) is 20.5 Å². The summed E-state index contributed by atoms with van der Waals surface area (Å²) in [6.45, 7) is -0.237. The molecule has 0 fully saturated rings. The van der Waals surface area contributed by atoms with Gasteiger partial charge >= 0.3 is 0 Å². The molecule has 1 aromatic rings. The average molecular weight is 327 g/mol. The van der Waals surface area contributed by atoms with Crippen LogP contribution in [-0.2, 0) is 30.6 Å². The van der Waals surface area contributed by atoms with Gasteiger partial charge in [-0.3, -0.25) is 0 Å². The summed E-state index contributed by atoms with van der Waals surface area (Å²) >= 11 is 0. The van der Waals surface area contributed by atoms with Crippen LogP contribution >= 0.6 is 0 Å². The minimum atomic E-state index is -3.65. The highest BCUT2D eigenvalue weighted by Gasteiger charge is 2.15. The van der Waals surface area contributed by atoms with Crippen LogP contribution in [0.4, 0.5) is 0 Å². The quantitative estimate of drug-likeness (QED) is 0.646. The standard InChI is InChI=1S/C9H13NO6S3/c1-18(13,14)10-6-7-19(15,16)9-4-2-8(3-5-9)17(11)12/h2-5,10,17H,6-7H2,1H3. The van der Waals surface area contributed by atoms with Crippen molar-refractivity contribution >= 4 is 30.6 Å². The van der Waals surface area contributed by atoms with Crippen molar-refractivity contribution in [2.45, 2.75) is 9.79 Å². The first-order valence-electron chi connectivity index (χ1n) is 5.04. The van der Waals surface area contributed by atoms with E-state index in [1.54, 1.807) is 0 Å². The van der Waals surface area contributed by atoms with Gasteiger partial charge in [-0.15, -0.1) is 0 Å². The van der Waals surface area contributed by atoms with Crippen LogP contribution in [0.25, 0.3) is 0 Å². The lowest BCUT2D eigenvalue weighted by Gasteiger charge is -2.05. The SMILES string of the molecule is CS(=O)(=O)NCCS(=O)(=O)c1ccc([SH](=O)=O)cc1. The lowest BCUT2D eigenvalue weighted by Crippen LogP contribution is -2.28. The van der Waals surface area contributed by atoms with E-state index in [2.05, 4.69) is 4.72 Å². The fourth-order valence-corrected chi connectivity index (χ4v) is 3.41. The third-order valence-electron chi connectivity index (χ3n) is 2.14. The molecule has 10 heteroatoms. The molecule has 19 heavy (non-hydrogen) atoms. The number of sulfonamides is 1. The molecule has 0 spiro atoms. The summed E-state index contributed by atoms with van der Waals surface area (Å²) in [6.07, 6.45) is 0.930. The van der Waals surface area contributed by atoms with Gasteiger partial charge in [-0.2, -0.15) is 0 Å². The third kappa shape index (κ3) is 5.27. The van der Waals surface area contributed by atoms with Gasteiger partial charge in [0.05, 0.1) is 21.8 Å². The molecule has 7 nitrogen and oxygen atoms in total. The highest BCUT2D eigenvalue weighted by atomic mass is 32.2. The number of rotatable bonds is 6. The van der Waals surface area contributed by atoms with E-state index in [1.807, 2.05) is 0 Å². The maximum absolute atomic E-state index is 11.8. The highest BCUT2D eigenvalue weighted by molar-refractivity contribution is 7.91.